The van der Waals surface area contributed by atoms with Crippen LogP contribution in [0.5, 0.6) is 0 Å². The highest BCUT2D eigenvalue weighted by molar-refractivity contribution is 6.31. The molecule has 1 aliphatic rings. The van der Waals surface area contributed by atoms with E-state index in [0.29, 0.717) is 52.2 Å². The highest BCUT2D eigenvalue weighted by atomic mass is 35.5. The molecule has 1 saturated heterocycles. The minimum Gasteiger partial charge on any atom is -0.424 e. The van der Waals surface area contributed by atoms with Crippen molar-refractivity contribution in [3.63, 3.8) is 0 Å². The standard InChI is InChI=1S/C26H25ClFN5O2/c1-15-5-3-10-33(21(15)14-31-26-32-20-12-17(27)6-7-22(20)35-26)25(34)19-13-18(28)11-16(2)23(19)24-29-8-4-9-30-24/h4,6-9,11-13,15,21H,3,5,10,14H2,1-2H3,(H,31,32)/t15-,21-/m1/s1. The first-order valence-electron chi connectivity index (χ1n) is 11.6. The Kier molecular flexibility index (Phi) is 6.38. The van der Waals surface area contributed by atoms with Gasteiger partial charge in [0.25, 0.3) is 11.9 Å². The number of nitrogens with zero attached hydrogens (tertiary/aromatic N) is 4. The van der Waals surface area contributed by atoms with Crippen LogP contribution in [-0.2, 0) is 0 Å². The second kappa shape index (κ2) is 9.62. The normalized spacial score (nSPS) is 18.1. The average molecular weight is 494 g/mol. The molecule has 2 aromatic carbocycles. The van der Waals surface area contributed by atoms with Gasteiger partial charge in [0.05, 0.1) is 11.6 Å². The molecular formula is C26H25ClFN5O2. The highest BCUT2D eigenvalue weighted by Gasteiger charge is 2.34. The molecule has 35 heavy (non-hydrogen) atoms. The lowest BCUT2D eigenvalue weighted by molar-refractivity contribution is 0.0539. The van der Waals surface area contributed by atoms with E-state index in [1.165, 1.54) is 12.1 Å². The van der Waals surface area contributed by atoms with Gasteiger partial charge in [-0.25, -0.2) is 14.4 Å². The zero-order chi connectivity index (χ0) is 24.5. The van der Waals surface area contributed by atoms with E-state index >= 15 is 0 Å². The van der Waals surface area contributed by atoms with E-state index in [4.69, 9.17) is 16.0 Å². The lowest BCUT2D eigenvalue weighted by atomic mass is 9.89. The molecule has 4 aromatic rings. The maximum absolute atomic E-state index is 14.5. The van der Waals surface area contributed by atoms with E-state index in [1.54, 1.807) is 43.6 Å². The molecule has 1 amide bonds. The molecule has 0 spiro atoms. The third kappa shape index (κ3) is 4.71. The van der Waals surface area contributed by atoms with Crippen molar-refractivity contribution in [2.45, 2.75) is 32.7 Å². The van der Waals surface area contributed by atoms with Gasteiger partial charge >= 0.3 is 0 Å². The molecule has 0 unspecified atom stereocenters. The largest absolute Gasteiger partial charge is 0.424 e. The molecule has 0 saturated carbocycles. The Hall–Kier alpha value is -3.52. The first kappa shape index (κ1) is 23.2. The van der Waals surface area contributed by atoms with Crippen molar-refractivity contribution < 1.29 is 13.6 Å². The van der Waals surface area contributed by atoms with Gasteiger partial charge in [0.1, 0.15) is 11.3 Å². The number of oxazole rings is 1. The number of carbonyl (C=O) groups excluding carboxylic acids is 1. The van der Waals surface area contributed by atoms with Crippen molar-refractivity contribution in [2.24, 2.45) is 5.92 Å². The van der Waals surface area contributed by atoms with Crippen molar-refractivity contribution in [3.05, 3.63) is 70.8 Å². The summed E-state index contributed by atoms with van der Waals surface area (Å²) < 4.78 is 20.3. The lowest BCUT2D eigenvalue weighted by Gasteiger charge is -2.40. The molecule has 5 rings (SSSR count). The molecule has 2 aromatic heterocycles. The third-order valence-electron chi connectivity index (χ3n) is 6.51. The first-order valence-corrected chi connectivity index (χ1v) is 12.0. The number of aromatic nitrogens is 3. The number of halogens is 2. The minimum absolute atomic E-state index is 0.136. The van der Waals surface area contributed by atoms with Crippen LogP contribution in [0, 0.1) is 18.7 Å². The summed E-state index contributed by atoms with van der Waals surface area (Å²) in [6, 6.07) is 9.89. The summed E-state index contributed by atoms with van der Waals surface area (Å²) in [6.07, 6.45) is 5.08. The van der Waals surface area contributed by atoms with E-state index in [9.17, 15) is 9.18 Å². The van der Waals surface area contributed by atoms with Crippen LogP contribution in [0.1, 0.15) is 35.7 Å². The summed E-state index contributed by atoms with van der Waals surface area (Å²) in [5.41, 5.74) is 2.73. The van der Waals surface area contributed by atoms with E-state index < -0.39 is 5.82 Å². The number of anilines is 1. The molecule has 9 heteroatoms. The number of aryl methyl sites for hydroxylation is 1. The van der Waals surface area contributed by atoms with Crippen LogP contribution in [0.15, 0.2) is 53.2 Å². The fraction of sp³-hybridized carbons (Fsp3) is 0.308. The van der Waals surface area contributed by atoms with Gasteiger partial charge in [-0.05, 0) is 67.6 Å². The van der Waals surface area contributed by atoms with Crippen molar-refractivity contribution in [1.29, 1.82) is 0 Å². The van der Waals surface area contributed by atoms with Gasteiger partial charge in [-0.2, -0.15) is 4.98 Å². The van der Waals surface area contributed by atoms with E-state index in [-0.39, 0.29) is 23.4 Å². The summed E-state index contributed by atoms with van der Waals surface area (Å²) in [6.45, 7) is 4.90. The molecular weight excluding hydrogens is 469 g/mol. The van der Waals surface area contributed by atoms with Crippen LogP contribution in [0.4, 0.5) is 10.4 Å². The van der Waals surface area contributed by atoms with Crippen molar-refractivity contribution >= 4 is 34.6 Å². The number of hydrogen-bond acceptors (Lipinski definition) is 6. The highest BCUT2D eigenvalue weighted by Crippen LogP contribution is 2.31. The summed E-state index contributed by atoms with van der Waals surface area (Å²) in [7, 11) is 0. The Morgan fingerprint density at radius 1 is 1.26 bits per heavy atom. The predicted octanol–water partition coefficient (Wildman–Crippen LogP) is 5.74. The second-order valence-electron chi connectivity index (χ2n) is 8.92. The molecule has 2 atom stereocenters. The third-order valence-corrected chi connectivity index (χ3v) is 6.74. The van der Waals surface area contributed by atoms with Gasteiger partial charge in [-0.15, -0.1) is 0 Å². The van der Waals surface area contributed by atoms with Gasteiger partial charge in [0, 0.05) is 36.1 Å². The van der Waals surface area contributed by atoms with Crippen LogP contribution < -0.4 is 5.32 Å². The Morgan fingerprint density at radius 3 is 2.86 bits per heavy atom. The summed E-state index contributed by atoms with van der Waals surface area (Å²) >= 11 is 6.06. The number of likely N-dealkylation sites (tertiary alicyclic amines) is 1. The molecule has 180 valence electrons. The summed E-state index contributed by atoms with van der Waals surface area (Å²) in [4.78, 5) is 28.8. The number of hydrogen-bond donors (Lipinski definition) is 1. The fourth-order valence-electron chi connectivity index (χ4n) is 4.77. The Balaban J connectivity index is 1.44. The van der Waals surface area contributed by atoms with Crippen LogP contribution in [0.3, 0.4) is 0 Å². The van der Waals surface area contributed by atoms with Crippen LogP contribution in [-0.4, -0.2) is 44.9 Å². The second-order valence-corrected chi connectivity index (χ2v) is 9.35. The number of nitrogens with one attached hydrogen (secondary N) is 1. The van der Waals surface area contributed by atoms with E-state index in [0.717, 1.165) is 12.8 Å². The first-order chi connectivity index (χ1) is 16.9. The quantitative estimate of drug-likeness (QED) is 0.381. The van der Waals surface area contributed by atoms with Gasteiger partial charge in [-0.3, -0.25) is 4.79 Å². The Bertz CT molecular complexity index is 1380. The molecule has 1 fully saturated rings. The zero-order valence-corrected chi connectivity index (χ0v) is 20.2. The number of fused-ring (bicyclic) bond motifs is 1. The van der Waals surface area contributed by atoms with Crippen LogP contribution in [0.25, 0.3) is 22.5 Å². The smallest absolute Gasteiger partial charge is 0.295 e. The maximum Gasteiger partial charge on any atom is 0.295 e. The molecule has 0 aliphatic carbocycles. The van der Waals surface area contributed by atoms with Gasteiger partial charge in [0.15, 0.2) is 11.4 Å². The zero-order valence-electron chi connectivity index (χ0n) is 19.5. The average Bonchev–Trinajstić information content (AvgIpc) is 3.24. The van der Waals surface area contributed by atoms with Crippen molar-refractivity contribution in [2.75, 3.05) is 18.4 Å². The van der Waals surface area contributed by atoms with Crippen LogP contribution >= 0.6 is 11.6 Å². The fourth-order valence-corrected chi connectivity index (χ4v) is 4.94. The van der Waals surface area contributed by atoms with Gasteiger partial charge in [-0.1, -0.05) is 18.5 Å². The Labute approximate surface area is 207 Å². The van der Waals surface area contributed by atoms with Crippen LogP contribution in [0.2, 0.25) is 5.02 Å². The number of benzene rings is 2. The minimum atomic E-state index is -0.463. The Morgan fingerprint density at radius 2 is 2.06 bits per heavy atom. The number of carbonyl (C=O) groups is 1. The summed E-state index contributed by atoms with van der Waals surface area (Å²) in [5, 5.41) is 3.83. The maximum atomic E-state index is 14.5. The lowest BCUT2D eigenvalue weighted by Crippen LogP contribution is -2.51. The molecule has 0 radical (unpaired) electrons. The monoisotopic (exact) mass is 493 g/mol. The van der Waals surface area contributed by atoms with Crippen molar-refractivity contribution in [3.8, 4) is 11.4 Å². The number of amides is 1. The molecule has 1 aliphatic heterocycles. The van der Waals surface area contributed by atoms with Gasteiger partial charge < -0.3 is 14.6 Å². The predicted molar refractivity (Wildman–Crippen MR) is 133 cm³/mol. The van der Waals surface area contributed by atoms with E-state index in [1.807, 2.05) is 4.90 Å². The molecule has 1 N–H and O–H groups in total. The number of piperidine rings is 1. The molecule has 7 nitrogen and oxygen atoms in total. The molecule has 0 bridgehead atoms. The topological polar surface area (TPSA) is 84.2 Å². The van der Waals surface area contributed by atoms with Gasteiger partial charge in [0.2, 0.25) is 0 Å². The molecule has 3 heterocycles. The van der Waals surface area contributed by atoms with E-state index in [2.05, 4.69) is 27.2 Å². The van der Waals surface area contributed by atoms with Crippen molar-refractivity contribution in [1.82, 2.24) is 19.9 Å². The SMILES string of the molecule is Cc1cc(F)cc(C(=O)N2CCC[C@@H](C)[C@H]2CNc2nc3cc(Cl)ccc3o2)c1-c1ncccn1. The number of rotatable bonds is 5. The summed E-state index contributed by atoms with van der Waals surface area (Å²) in [5.74, 6) is -0.0727.